The Morgan fingerprint density at radius 1 is 0.380 bits per heavy atom. The van der Waals surface area contributed by atoms with Crippen LogP contribution in [-0.4, -0.2) is 105 Å². The molecule has 0 aliphatic carbocycles. The predicted molar refractivity (Wildman–Crippen MR) is 194 cm³/mol. The first-order chi connectivity index (χ1) is 24.0. The zero-order chi connectivity index (χ0) is 37.7. The van der Waals surface area contributed by atoms with Gasteiger partial charge in [0.15, 0.2) is 0 Å². The van der Waals surface area contributed by atoms with Gasteiger partial charge in [-0.3, -0.25) is 28.8 Å². The van der Waals surface area contributed by atoms with Gasteiger partial charge < -0.3 is 60.6 Å². The fourth-order valence-corrected chi connectivity index (χ4v) is 5.32. The molecular weight excluding hydrogens is 646 g/mol. The van der Waals surface area contributed by atoms with E-state index in [2.05, 4.69) is 31.9 Å². The Morgan fingerprint density at radius 2 is 0.600 bits per heavy atom. The minimum absolute atomic E-state index is 0.225. The molecule has 17 nitrogen and oxygen atoms in total. The van der Waals surface area contributed by atoms with Crippen LogP contribution in [0.5, 0.6) is 0 Å². The summed E-state index contributed by atoms with van der Waals surface area (Å²) < 4.78 is 0. The smallest absolute Gasteiger partial charge is 0.243 e. The third-order valence-electron chi connectivity index (χ3n) is 8.21. The van der Waals surface area contributed by atoms with Crippen molar-refractivity contribution in [3.63, 3.8) is 0 Å². The van der Waals surface area contributed by atoms with Gasteiger partial charge >= 0.3 is 0 Å². The monoisotopic (exact) mass is 714 g/mol. The Balaban J connectivity index is 6.13. The first-order valence-corrected chi connectivity index (χ1v) is 18.2. The zero-order valence-corrected chi connectivity index (χ0v) is 30.4. The van der Waals surface area contributed by atoms with Crippen LogP contribution in [0.25, 0.3) is 0 Å². The van der Waals surface area contributed by atoms with Crippen molar-refractivity contribution in [1.82, 2.24) is 31.9 Å². The van der Waals surface area contributed by atoms with Crippen molar-refractivity contribution in [2.75, 3.05) is 39.8 Å². The molecule has 0 bridgehead atoms. The molecule has 0 aromatic heterocycles. The molecule has 0 saturated heterocycles. The first-order valence-electron chi connectivity index (χ1n) is 18.2. The molecule has 5 atom stereocenters. The van der Waals surface area contributed by atoms with Crippen LogP contribution in [0.15, 0.2) is 0 Å². The molecule has 0 fully saturated rings. The lowest BCUT2D eigenvalue weighted by Crippen LogP contribution is -2.59. The van der Waals surface area contributed by atoms with Crippen LogP contribution < -0.4 is 60.6 Å². The number of unbranched alkanes of at least 4 members (excludes halogenated alkanes) is 5. The predicted octanol–water partition coefficient (Wildman–Crippen LogP) is -2.18. The van der Waals surface area contributed by atoms with E-state index in [9.17, 15) is 28.8 Å². The normalized spacial score (nSPS) is 14.0. The molecule has 290 valence electrons. The average Bonchev–Trinajstić information content (AvgIpc) is 3.08. The second-order valence-electron chi connectivity index (χ2n) is 12.5. The fraction of sp³-hybridized carbons (Fsp3) is 0.818. The third kappa shape index (κ3) is 21.0. The number of carbonyl (C=O) groups excluding carboxylic acids is 6. The number of carbonyl (C=O) groups is 6. The third-order valence-corrected chi connectivity index (χ3v) is 8.21. The lowest BCUT2D eigenvalue weighted by molar-refractivity contribution is -0.135. The van der Waals surface area contributed by atoms with Crippen molar-refractivity contribution >= 4 is 35.4 Å². The second-order valence-corrected chi connectivity index (χ2v) is 12.5. The molecule has 0 aliphatic rings. The molecule has 16 N–H and O–H groups in total. The van der Waals surface area contributed by atoms with Gasteiger partial charge in [0.2, 0.25) is 35.4 Å². The highest BCUT2D eigenvalue weighted by atomic mass is 16.2. The van der Waals surface area contributed by atoms with Crippen LogP contribution in [0.2, 0.25) is 0 Å². The number of nitrogens with two attached hydrogens (primary N) is 5. The molecule has 0 aromatic rings. The van der Waals surface area contributed by atoms with Crippen LogP contribution in [0.1, 0.15) is 103 Å². The van der Waals surface area contributed by atoms with E-state index in [0.717, 1.165) is 0 Å². The lowest BCUT2D eigenvalue weighted by Gasteiger charge is -2.27. The summed E-state index contributed by atoms with van der Waals surface area (Å²) >= 11 is 0. The highest BCUT2D eigenvalue weighted by Crippen LogP contribution is 2.10. The number of rotatable bonds is 30. The van der Waals surface area contributed by atoms with Gasteiger partial charge in [0.05, 0.1) is 0 Å². The van der Waals surface area contributed by atoms with E-state index in [4.69, 9.17) is 28.7 Å². The summed E-state index contributed by atoms with van der Waals surface area (Å²) in [6.07, 6.45) is 7.38. The molecular formula is C33H67N11O6. The van der Waals surface area contributed by atoms with Gasteiger partial charge in [0.25, 0.3) is 0 Å². The molecule has 6 amide bonds. The summed E-state index contributed by atoms with van der Waals surface area (Å²) in [5, 5.41) is 16.3. The topological polar surface area (TPSA) is 305 Å². The Bertz CT molecular complexity index is 1000. The van der Waals surface area contributed by atoms with Crippen LogP contribution in [-0.2, 0) is 28.8 Å². The maximum atomic E-state index is 13.8. The van der Waals surface area contributed by atoms with E-state index in [1.807, 2.05) is 0 Å². The molecule has 17 heteroatoms. The highest BCUT2D eigenvalue weighted by Gasteiger charge is 2.32. The number of likely N-dealkylation sites (N-methyl/N-ethyl adjacent to an activating group) is 1. The summed E-state index contributed by atoms with van der Waals surface area (Å²) in [5.41, 5.74) is 28.2. The maximum Gasteiger partial charge on any atom is 0.243 e. The summed E-state index contributed by atoms with van der Waals surface area (Å²) in [5.74, 6) is -2.99. The largest absolute Gasteiger partial charge is 0.357 e. The van der Waals surface area contributed by atoms with E-state index < -0.39 is 53.8 Å². The summed E-state index contributed by atoms with van der Waals surface area (Å²) in [4.78, 5) is 78.6. The summed E-state index contributed by atoms with van der Waals surface area (Å²) in [7, 11) is 1.48. The van der Waals surface area contributed by atoms with Crippen molar-refractivity contribution in [3.05, 3.63) is 0 Å². The Morgan fingerprint density at radius 3 is 0.800 bits per heavy atom. The zero-order valence-electron chi connectivity index (χ0n) is 30.4. The van der Waals surface area contributed by atoms with Gasteiger partial charge in [-0.1, -0.05) is 0 Å². The van der Waals surface area contributed by atoms with Gasteiger partial charge in [-0.05, 0) is 129 Å². The number of hydrogen-bond acceptors (Lipinski definition) is 11. The molecule has 0 spiro atoms. The van der Waals surface area contributed by atoms with Gasteiger partial charge in [-0.25, -0.2) is 0 Å². The van der Waals surface area contributed by atoms with Gasteiger partial charge in [0.1, 0.15) is 30.2 Å². The number of nitrogens with one attached hydrogen (secondary N) is 6. The molecule has 0 saturated carbocycles. The van der Waals surface area contributed by atoms with Crippen molar-refractivity contribution in [2.24, 2.45) is 28.7 Å². The number of amides is 6. The van der Waals surface area contributed by atoms with Crippen molar-refractivity contribution in [1.29, 1.82) is 0 Å². The van der Waals surface area contributed by atoms with E-state index >= 15 is 0 Å². The van der Waals surface area contributed by atoms with Gasteiger partial charge in [-0.2, -0.15) is 0 Å². The van der Waals surface area contributed by atoms with Crippen LogP contribution in [0.3, 0.4) is 0 Å². The second kappa shape index (κ2) is 29.4. The molecule has 0 aromatic carbocycles. The van der Waals surface area contributed by atoms with Crippen molar-refractivity contribution < 1.29 is 28.8 Å². The first kappa shape index (κ1) is 46.6. The van der Waals surface area contributed by atoms with E-state index in [-0.39, 0.29) is 31.1 Å². The SMILES string of the molecule is CNC(=O)[C@H](CCCCN)NC(=O)[C@H](CCCCN)NC(=O)[C@H](CCCCN)NC(=O)[C@H](CCCCN)NC(=O)[C@H](CCCCN)NC(C)=O. The molecule has 0 aliphatic heterocycles. The summed E-state index contributed by atoms with van der Waals surface area (Å²) in [6, 6.07) is -4.76. The van der Waals surface area contributed by atoms with Crippen LogP contribution >= 0.6 is 0 Å². The van der Waals surface area contributed by atoms with Crippen molar-refractivity contribution in [2.45, 2.75) is 133 Å². The molecule has 0 heterocycles. The quantitative estimate of drug-likeness (QED) is 0.0356. The minimum Gasteiger partial charge on any atom is -0.357 e. The fourth-order valence-electron chi connectivity index (χ4n) is 5.32. The van der Waals surface area contributed by atoms with E-state index in [1.54, 1.807) is 0 Å². The maximum absolute atomic E-state index is 13.8. The summed E-state index contributed by atoms with van der Waals surface area (Å²) in [6.45, 7) is 3.36. The lowest BCUT2D eigenvalue weighted by atomic mass is 10.0. The molecule has 0 radical (unpaired) electrons. The number of hydrogen-bond donors (Lipinski definition) is 11. The van der Waals surface area contributed by atoms with Crippen molar-refractivity contribution in [3.8, 4) is 0 Å². The average molecular weight is 714 g/mol. The molecule has 50 heavy (non-hydrogen) atoms. The minimum atomic E-state index is -1.05. The molecule has 0 unspecified atom stereocenters. The van der Waals surface area contributed by atoms with Crippen LogP contribution in [0.4, 0.5) is 0 Å². The Labute approximate surface area is 297 Å². The van der Waals surface area contributed by atoms with Gasteiger partial charge in [0, 0.05) is 14.0 Å². The standard InChI is InChI=1S/C33H67N11O6/c1-23(45)40-25(14-4-9-19-35)30(47)42-27(16-6-11-21-37)32(49)44-28(17-7-12-22-38)33(50)43-26(15-5-10-20-36)31(48)41-24(29(46)39-2)13-3-8-18-34/h24-28H,3-22,34-38H2,1-2H3,(H,39,46)(H,40,45)(H,41,48)(H,42,47)(H,43,50)(H,44,49)/t24-,25-,26-,27-,28-/m0/s1. The van der Waals surface area contributed by atoms with Crippen LogP contribution in [0, 0.1) is 0 Å². The Hall–Kier alpha value is -3.38. The van der Waals surface area contributed by atoms with E-state index in [1.165, 1.54) is 14.0 Å². The Kier molecular flexibility index (Phi) is 27.4. The van der Waals surface area contributed by atoms with Gasteiger partial charge in [-0.15, -0.1) is 0 Å². The van der Waals surface area contributed by atoms with E-state index in [0.29, 0.717) is 110 Å². The highest BCUT2D eigenvalue weighted by molar-refractivity contribution is 5.96. The molecule has 0 rings (SSSR count).